The van der Waals surface area contributed by atoms with Gasteiger partial charge < -0.3 is 15.6 Å². The van der Waals surface area contributed by atoms with Gasteiger partial charge >= 0.3 is 5.97 Å². The molecule has 0 heterocycles. The minimum Gasteiger partial charge on any atom is -0.506 e. The fraction of sp³-hybridized carbons (Fsp3) is 0.278. The molecular weight excluding hydrogens is 521 g/mol. The van der Waals surface area contributed by atoms with Crippen molar-refractivity contribution >= 4 is 50.3 Å². The van der Waals surface area contributed by atoms with Crippen LogP contribution < -0.4 is 5.73 Å². The molecule has 0 fully saturated rings. The molecule has 154 valence electrons. The number of hydrogen-bond acceptors (Lipinski definition) is 6. The van der Waals surface area contributed by atoms with Crippen molar-refractivity contribution in [2.24, 2.45) is 5.73 Å². The van der Waals surface area contributed by atoms with E-state index in [1.165, 1.54) is 12.1 Å². The average Bonchev–Trinajstić information content (AvgIpc) is 2.58. The van der Waals surface area contributed by atoms with E-state index in [4.69, 9.17) is 26.6 Å². The Balaban J connectivity index is 0.000000307. The molecule has 1 atom stereocenters. The second-order valence-corrected chi connectivity index (χ2v) is 8.75. The number of aromatic hydroxyl groups is 1. The topological polar surface area (TPSA) is 127 Å². The fourth-order valence-corrected chi connectivity index (χ4v) is 3.63. The number of nitrogens with two attached hydrogens (primary N) is 1. The molecule has 0 spiro atoms. The van der Waals surface area contributed by atoms with Crippen LogP contribution in [-0.4, -0.2) is 30.7 Å². The van der Waals surface area contributed by atoms with E-state index in [0.717, 1.165) is 5.56 Å². The van der Waals surface area contributed by atoms with Gasteiger partial charge in [0.1, 0.15) is 5.75 Å². The third-order valence-corrected chi connectivity index (χ3v) is 5.38. The normalized spacial score (nSPS) is 11.9. The quantitative estimate of drug-likeness (QED) is 0.298. The van der Waals surface area contributed by atoms with Crippen LogP contribution in [0.2, 0.25) is 5.02 Å². The van der Waals surface area contributed by atoms with Gasteiger partial charge in [0.25, 0.3) is 10.1 Å². The number of rotatable bonds is 5. The van der Waals surface area contributed by atoms with Gasteiger partial charge in [-0.15, -0.1) is 0 Å². The Kier molecular flexibility index (Phi) is 9.64. The Morgan fingerprint density at radius 1 is 1.29 bits per heavy atom. The number of ether oxygens (including phenoxy) is 1. The van der Waals surface area contributed by atoms with Crippen LogP contribution in [0.25, 0.3) is 0 Å². The molecule has 2 rings (SSSR count). The summed E-state index contributed by atoms with van der Waals surface area (Å²) in [6.45, 7) is 3.88. The molecule has 2 aromatic carbocycles. The highest BCUT2D eigenvalue weighted by atomic mass is 127. The van der Waals surface area contributed by atoms with E-state index in [2.05, 4.69) is 0 Å². The number of benzene rings is 2. The Morgan fingerprint density at radius 3 is 2.36 bits per heavy atom. The van der Waals surface area contributed by atoms with Gasteiger partial charge in [-0.1, -0.05) is 29.3 Å². The maximum Gasteiger partial charge on any atom is 0.307 e. The third-order valence-electron chi connectivity index (χ3n) is 3.47. The van der Waals surface area contributed by atoms with Gasteiger partial charge in [0.2, 0.25) is 0 Å². The number of phenolic OH excluding ortho intramolecular Hbond substituents is 1. The molecule has 0 aliphatic heterocycles. The highest BCUT2D eigenvalue weighted by Crippen LogP contribution is 2.32. The van der Waals surface area contributed by atoms with Gasteiger partial charge in [-0.2, -0.15) is 8.42 Å². The first kappa shape index (κ1) is 24.6. The average molecular weight is 542 g/mol. The molecular formula is C18H21ClINO6S. The summed E-state index contributed by atoms with van der Waals surface area (Å²) < 4.78 is 35.0. The molecule has 0 aromatic heterocycles. The molecule has 0 unspecified atom stereocenters. The molecule has 2 aromatic rings. The van der Waals surface area contributed by atoms with Gasteiger partial charge in [0.15, 0.2) is 0 Å². The summed E-state index contributed by atoms with van der Waals surface area (Å²) in [5.41, 5.74) is 7.25. The van der Waals surface area contributed by atoms with Gasteiger partial charge in [-0.3, -0.25) is 9.35 Å². The summed E-state index contributed by atoms with van der Waals surface area (Å²) >= 11 is 7.83. The van der Waals surface area contributed by atoms with Crippen LogP contribution >= 0.6 is 34.2 Å². The molecule has 7 nitrogen and oxygen atoms in total. The molecule has 0 bridgehead atoms. The zero-order valence-electron chi connectivity index (χ0n) is 15.2. The summed E-state index contributed by atoms with van der Waals surface area (Å²) in [6, 6.07) is 8.55. The van der Waals surface area contributed by atoms with E-state index >= 15 is 0 Å². The van der Waals surface area contributed by atoms with E-state index in [1.54, 1.807) is 31.2 Å². The van der Waals surface area contributed by atoms with E-state index < -0.39 is 22.1 Å². The van der Waals surface area contributed by atoms with Gasteiger partial charge in [0, 0.05) is 16.6 Å². The van der Waals surface area contributed by atoms with Crippen molar-refractivity contribution in [1.29, 1.82) is 0 Å². The minimum absolute atomic E-state index is 0.0117. The lowest BCUT2D eigenvalue weighted by molar-refractivity contribution is -0.143. The second kappa shape index (κ2) is 11.0. The maximum atomic E-state index is 11.3. The summed E-state index contributed by atoms with van der Waals surface area (Å²) in [4.78, 5) is 11.2. The summed E-state index contributed by atoms with van der Waals surface area (Å²) in [7, 11) is -4.02. The Hall–Kier alpha value is -1.40. The third kappa shape index (κ3) is 7.92. The largest absolute Gasteiger partial charge is 0.506 e. The second-order valence-electron chi connectivity index (χ2n) is 5.73. The number of aryl methyl sites for hydroxylation is 1. The standard InChI is InChI=1S/C11H13ClINO3.C7H8O3S/c1-2-17-10(15)5-9(14)7-3-6(12)4-8(13)11(7)16;1-6-2-4-7(5-3-6)11(8,9)10/h3-4,9,16H,2,5,14H2,1H3;2-5H,1H3,(H,8,9,10)/t9-;/m1./s1. The highest BCUT2D eigenvalue weighted by Gasteiger charge is 2.18. The first-order valence-corrected chi connectivity index (χ1v) is 11.0. The minimum atomic E-state index is -4.02. The van der Waals surface area contributed by atoms with Crippen LogP contribution in [-0.2, 0) is 19.6 Å². The number of hydrogen-bond donors (Lipinski definition) is 3. The first-order valence-electron chi connectivity index (χ1n) is 8.09. The van der Waals surface area contributed by atoms with Crippen LogP contribution in [0.4, 0.5) is 0 Å². The van der Waals surface area contributed by atoms with Crippen LogP contribution in [0.3, 0.4) is 0 Å². The lowest BCUT2D eigenvalue weighted by Gasteiger charge is -2.14. The van der Waals surface area contributed by atoms with Crippen LogP contribution in [0.15, 0.2) is 41.3 Å². The van der Waals surface area contributed by atoms with Crippen molar-refractivity contribution in [3.63, 3.8) is 0 Å². The lowest BCUT2D eigenvalue weighted by Crippen LogP contribution is -2.17. The number of carbonyl (C=O) groups excluding carboxylic acids is 1. The molecule has 0 aliphatic rings. The predicted molar refractivity (Wildman–Crippen MR) is 115 cm³/mol. The summed E-state index contributed by atoms with van der Waals surface area (Å²) in [6.07, 6.45) is 0.0117. The first-order chi connectivity index (χ1) is 13.0. The Morgan fingerprint density at radius 2 is 1.86 bits per heavy atom. The SMILES string of the molecule is CCOC(=O)C[C@@H](N)c1cc(Cl)cc(I)c1O.Cc1ccc(S(=O)(=O)O)cc1. The van der Waals surface area contributed by atoms with Gasteiger partial charge in [-0.25, -0.2) is 0 Å². The fourth-order valence-electron chi connectivity index (χ4n) is 2.09. The van der Waals surface area contributed by atoms with Crippen molar-refractivity contribution in [3.8, 4) is 5.75 Å². The van der Waals surface area contributed by atoms with Crippen molar-refractivity contribution in [2.45, 2.75) is 31.2 Å². The molecule has 0 aliphatic carbocycles. The van der Waals surface area contributed by atoms with Crippen molar-refractivity contribution in [1.82, 2.24) is 0 Å². The zero-order chi connectivity index (χ0) is 21.5. The van der Waals surface area contributed by atoms with Crippen molar-refractivity contribution in [3.05, 3.63) is 56.1 Å². The predicted octanol–water partition coefficient (Wildman–Crippen LogP) is 3.84. The molecule has 10 heteroatoms. The van der Waals surface area contributed by atoms with E-state index in [0.29, 0.717) is 20.8 Å². The van der Waals surface area contributed by atoms with E-state index in [1.807, 2.05) is 29.5 Å². The molecule has 0 radical (unpaired) electrons. The molecule has 4 N–H and O–H groups in total. The zero-order valence-corrected chi connectivity index (χ0v) is 19.0. The number of esters is 1. The Bertz CT molecular complexity index is 918. The van der Waals surface area contributed by atoms with Gasteiger partial charge in [0.05, 0.1) is 21.5 Å². The van der Waals surface area contributed by atoms with E-state index in [9.17, 15) is 18.3 Å². The maximum absolute atomic E-state index is 11.3. The van der Waals surface area contributed by atoms with Gasteiger partial charge in [-0.05, 0) is 60.7 Å². The number of phenols is 1. The molecule has 28 heavy (non-hydrogen) atoms. The van der Waals surface area contributed by atoms with Crippen LogP contribution in [0.5, 0.6) is 5.75 Å². The van der Waals surface area contributed by atoms with Crippen LogP contribution in [0, 0.1) is 10.5 Å². The van der Waals surface area contributed by atoms with Crippen molar-refractivity contribution in [2.75, 3.05) is 6.61 Å². The van der Waals surface area contributed by atoms with Crippen LogP contribution in [0.1, 0.15) is 30.5 Å². The Labute approximate surface area is 182 Å². The number of halogens is 2. The number of carbonyl (C=O) groups is 1. The summed E-state index contributed by atoms with van der Waals surface area (Å²) in [5.74, 6) is -0.332. The highest BCUT2D eigenvalue weighted by molar-refractivity contribution is 14.1. The van der Waals surface area contributed by atoms with Crippen molar-refractivity contribution < 1.29 is 27.6 Å². The molecule has 0 saturated heterocycles. The van der Waals surface area contributed by atoms with E-state index in [-0.39, 0.29) is 17.1 Å². The summed E-state index contributed by atoms with van der Waals surface area (Å²) in [5, 5.41) is 10.3. The lowest BCUT2D eigenvalue weighted by atomic mass is 10.0. The smallest absolute Gasteiger partial charge is 0.307 e. The monoisotopic (exact) mass is 541 g/mol. The molecule has 0 amide bonds. The molecule has 0 saturated carbocycles.